The van der Waals surface area contributed by atoms with E-state index < -0.39 is 11.5 Å². The second-order valence-corrected chi connectivity index (χ2v) is 7.66. The lowest BCUT2D eigenvalue weighted by Crippen LogP contribution is -2.34. The number of fused-ring (bicyclic) bond motifs is 1. The van der Waals surface area contributed by atoms with E-state index in [2.05, 4.69) is 4.98 Å². The van der Waals surface area contributed by atoms with Crippen molar-refractivity contribution in [3.63, 3.8) is 0 Å². The van der Waals surface area contributed by atoms with E-state index in [1.54, 1.807) is 18.5 Å². The van der Waals surface area contributed by atoms with Gasteiger partial charge in [-0.2, -0.15) is 0 Å². The fraction of sp³-hybridized carbons (Fsp3) is 0.200. The molecule has 3 heterocycles. The first-order chi connectivity index (χ1) is 12.5. The Morgan fingerprint density at radius 2 is 2.08 bits per heavy atom. The summed E-state index contributed by atoms with van der Waals surface area (Å²) in [4.78, 5) is 18.7. The van der Waals surface area contributed by atoms with Crippen LogP contribution in [0.15, 0.2) is 54.9 Å². The predicted octanol–water partition coefficient (Wildman–Crippen LogP) is 5.17. The number of hydrogen-bond donors (Lipinski definition) is 0. The normalized spacial score (nSPS) is 21.7. The number of thiophene rings is 1. The monoisotopic (exact) mass is 385 g/mol. The fourth-order valence-corrected chi connectivity index (χ4v) is 4.75. The van der Waals surface area contributed by atoms with E-state index in [9.17, 15) is 4.79 Å². The molecule has 3 aromatic rings. The fourth-order valence-electron chi connectivity index (χ4n) is 3.33. The van der Waals surface area contributed by atoms with Crippen LogP contribution in [-0.2, 0) is 19.9 Å². The molecule has 0 spiro atoms. The summed E-state index contributed by atoms with van der Waals surface area (Å²) in [5.41, 5.74) is 1.16. The molecular weight excluding hydrogens is 370 g/mol. The number of ether oxygens (including phenoxy) is 2. The van der Waals surface area contributed by atoms with Crippen LogP contribution >= 0.6 is 22.9 Å². The molecule has 0 saturated heterocycles. The van der Waals surface area contributed by atoms with Crippen molar-refractivity contribution in [3.05, 3.63) is 64.8 Å². The number of carbonyl (C=O) groups excluding carboxylic acids is 1. The van der Waals surface area contributed by atoms with Gasteiger partial charge in [0.05, 0.1) is 18.2 Å². The first-order valence-electron chi connectivity index (χ1n) is 8.11. The van der Waals surface area contributed by atoms with Crippen LogP contribution in [0, 0.1) is 5.92 Å². The van der Waals surface area contributed by atoms with Crippen molar-refractivity contribution >= 4 is 39.1 Å². The lowest BCUT2D eigenvalue weighted by atomic mass is 9.85. The Morgan fingerprint density at radius 3 is 2.81 bits per heavy atom. The first kappa shape index (κ1) is 17.1. The third-order valence-electron chi connectivity index (χ3n) is 4.68. The third kappa shape index (κ3) is 2.59. The van der Waals surface area contributed by atoms with Crippen molar-refractivity contribution in [2.45, 2.75) is 12.5 Å². The van der Waals surface area contributed by atoms with E-state index in [0.717, 1.165) is 26.2 Å². The Hall–Kier alpha value is -2.37. The molecule has 26 heavy (non-hydrogen) atoms. The van der Waals surface area contributed by atoms with Crippen LogP contribution in [0.4, 0.5) is 0 Å². The van der Waals surface area contributed by atoms with E-state index in [4.69, 9.17) is 21.1 Å². The molecule has 1 aliphatic rings. The van der Waals surface area contributed by atoms with Crippen LogP contribution in [0.1, 0.15) is 11.8 Å². The number of aromatic nitrogens is 1. The maximum Gasteiger partial charge on any atom is 0.317 e. The van der Waals surface area contributed by atoms with Crippen LogP contribution in [0.5, 0.6) is 0 Å². The van der Waals surface area contributed by atoms with Crippen LogP contribution < -0.4 is 0 Å². The van der Waals surface area contributed by atoms with Gasteiger partial charge in [0.15, 0.2) is 5.60 Å². The average Bonchev–Trinajstić information content (AvgIpc) is 3.24. The van der Waals surface area contributed by atoms with Gasteiger partial charge >= 0.3 is 5.97 Å². The Kier molecular flexibility index (Phi) is 4.21. The van der Waals surface area contributed by atoms with Crippen LogP contribution in [0.25, 0.3) is 21.3 Å². The Bertz CT molecular complexity index is 1010. The van der Waals surface area contributed by atoms with Gasteiger partial charge in [-0.25, -0.2) is 4.98 Å². The van der Waals surface area contributed by atoms with Crippen molar-refractivity contribution in [1.29, 1.82) is 0 Å². The molecule has 2 atom stereocenters. The Balaban J connectivity index is 1.97. The molecule has 1 aromatic carbocycles. The lowest BCUT2D eigenvalue weighted by Gasteiger charge is -2.29. The molecule has 2 aromatic heterocycles. The molecular formula is C20H16ClNO3S. The van der Waals surface area contributed by atoms with E-state index in [-0.39, 0.29) is 5.97 Å². The molecule has 0 aliphatic carbocycles. The summed E-state index contributed by atoms with van der Waals surface area (Å²) >= 11 is 7.60. The van der Waals surface area contributed by atoms with Gasteiger partial charge < -0.3 is 9.47 Å². The number of pyridine rings is 1. The van der Waals surface area contributed by atoms with Gasteiger partial charge in [0.2, 0.25) is 0 Å². The Labute approximate surface area is 160 Å². The topological polar surface area (TPSA) is 48.4 Å². The van der Waals surface area contributed by atoms with Crippen molar-refractivity contribution < 1.29 is 14.3 Å². The molecule has 0 fully saturated rings. The summed E-state index contributed by atoms with van der Waals surface area (Å²) in [6.07, 6.45) is 5.09. The number of hydrogen-bond acceptors (Lipinski definition) is 5. The van der Waals surface area contributed by atoms with Gasteiger partial charge in [-0.3, -0.25) is 4.79 Å². The van der Waals surface area contributed by atoms with Crippen molar-refractivity contribution in [2.24, 2.45) is 5.92 Å². The highest BCUT2D eigenvalue weighted by Crippen LogP contribution is 2.50. The lowest BCUT2D eigenvalue weighted by molar-refractivity contribution is -0.150. The zero-order valence-electron chi connectivity index (χ0n) is 14.2. The highest BCUT2D eigenvalue weighted by molar-refractivity contribution is 7.19. The number of halogens is 1. The minimum Gasteiger partial charge on any atom is -0.489 e. The molecule has 0 saturated carbocycles. The standard InChI is InChI=1S/C20H16ClNO3S/c1-20(15(9-11-25-20)19(23)24-2)17-16(12-5-7-13(21)8-6-12)14-4-3-10-22-18(14)26-17/h3-11,15H,1-2H3. The number of nitrogens with zero attached hydrogens (tertiary/aromatic N) is 1. The number of esters is 1. The second kappa shape index (κ2) is 6.41. The van der Waals surface area contributed by atoms with Crippen LogP contribution in [0.2, 0.25) is 5.02 Å². The number of methoxy groups -OCH3 is 1. The molecule has 4 rings (SSSR count). The SMILES string of the molecule is COC(=O)C1C=COC1(C)c1sc2ncccc2c1-c1ccc(Cl)cc1. The van der Waals surface area contributed by atoms with Gasteiger partial charge in [-0.1, -0.05) is 23.7 Å². The molecule has 0 amide bonds. The second-order valence-electron chi connectivity index (χ2n) is 6.22. The molecule has 6 heteroatoms. The molecule has 0 bridgehead atoms. The maximum atomic E-state index is 12.3. The Morgan fingerprint density at radius 1 is 1.31 bits per heavy atom. The average molecular weight is 386 g/mol. The quantitative estimate of drug-likeness (QED) is 0.584. The highest BCUT2D eigenvalue weighted by Gasteiger charge is 2.47. The van der Waals surface area contributed by atoms with E-state index in [1.807, 2.05) is 43.3 Å². The summed E-state index contributed by atoms with van der Waals surface area (Å²) in [7, 11) is 1.39. The van der Waals surface area contributed by atoms with Gasteiger partial charge in [-0.15, -0.1) is 11.3 Å². The molecule has 132 valence electrons. The number of carbonyl (C=O) groups is 1. The van der Waals surface area contributed by atoms with Gasteiger partial charge in [-0.05, 0) is 42.8 Å². The molecule has 0 radical (unpaired) electrons. The van der Waals surface area contributed by atoms with Crippen LogP contribution in [0.3, 0.4) is 0 Å². The summed E-state index contributed by atoms with van der Waals surface area (Å²) in [5.74, 6) is -0.847. The first-order valence-corrected chi connectivity index (χ1v) is 9.30. The molecule has 0 N–H and O–H groups in total. The van der Waals surface area contributed by atoms with Crippen molar-refractivity contribution in [1.82, 2.24) is 4.98 Å². The summed E-state index contributed by atoms with van der Waals surface area (Å²) in [6, 6.07) is 11.6. The van der Waals surface area contributed by atoms with Crippen LogP contribution in [-0.4, -0.2) is 18.1 Å². The van der Waals surface area contributed by atoms with Gasteiger partial charge in [0, 0.05) is 22.2 Å². The molecule has 2 unspecified atom stereocenters. The summed E-state index contributed by atoms with van der Waals surface area (Å²) in [5, 5.41) is 1.69. The number of benzene rings is 1. The zero-order chi connectivity index (χ0) is 18.3. The third-order valence-corrected chi connectivity index (χ3v) is 6.27. The minimum absolute atomic E-state index is 0.325. The predicted molar refractivity (Wildman–Crippen MR) is 103 cm³/mol. The largest absolute Gasteiger partial charge is 0.489 e. The van der Waals surface area contributed by atoms with Gasteiger partial charge in [0.25, 0.3) is 0 Å². The van der Waals surface area contributed by atoms with E-state index >= 15 is 0 Å². The van der Waals surface area contributed by atoms with Crippen molar-refractivity contribution in [3.8, 4) is 11.1 Å². The van der Waals surface area contributed by atoms with Crippen molar-refractivity contribution in [2.75, 3.05) is 7.11 Å². The highest BCUT2D eigenvalue weighted by atomic mass is 35.5. The van der Waals surface area contributed by atoms with E-state index in [1.165, 1.54) is 18.4 Å². The minimum atomic E-state index is -0.854. The molecule has 1 aliphatic heterocycles. The smallest absolute Gasteiger partial charge is 0.317 e. The number of rotatable bonds is 3. The molecule has 4 nitrogen and oxygen atoms in total. The summed E-state index contributed by atoms with van der Waals surface area (Å²) < 4.78 is 10.9. The maximum absolute atomic E-state index is 12.3. The zero-order valence-corrected chi connectivity index (χ0v) is 15.8. The van der Waals surface area contributed by atoms with Gasteiger partial charge in [0.1, 0.15) is 10.7 Å². The summed E-state index contributed by atoms with van der Waals surface area (Å²) in [6.45, 7) is 1.92. The van der Waals surface area contributed by atoms with E-state index in [0.29, 0.717) is 5.02 Å².